The van der Waals surface area contributed by atoms with Crippen LogP contribution in [0.25, 0.3) is 11.3 Å². The van der Waals surface area contributed by atoms with Gasteiger partial charge in [0.2, 0.25) is 5.91 Å². The van der Waals surface area contributed by atoms with Gasteiger partial charge in [-0.3, -0.25) is 9.59 Å². The zero-order valence-electron chi connectivity index (χ0n) is 20.2. The molecule has 0 radical (unpaired) electrons. The minimum absolute atomic E-state index is 0.0443. The molecule has 0 spiro atoms. The van der Waals surface area contributed by atoms with Crippen LogP contribution in [0.4, 0.5) is 5.69 Å². The summed E-state index contributed by atoms with van der Waals surface area (Å²) in [7, 11) is 0. The first-order chi connectivity index (χ1) is 17.0. The number of nitrogens with one attached hydrogen (secondary N) is 1. The lowest BCUT2D eigenvalue weighted by atomic mass is 10.1. The number of benzene rings is 2. The Kier molecular flexibility index (Phi) is 7.97. The number of carbonyl (C=O) groups is 2. The zero-order chi connectivity index (χ0) is 24.8. The number of amides is 2. The van der Waals surface area contributed by atoms with E-state index in [9.17, 15) is 9.59 Å². The molecule has 0 aliphatic carbocycles. The summed E-state index contributed by atoms with van der Waals surface area (Å²) < 4.78 is 13.4. The molecule has 0 saturated heterocycles. The standard InChI is InChI=1S/C26H30N4O4S/c1-4-29(5-2)25(32)19-8-7-9-20(14-19)28-24(31)17-35-26-27-16-21(30(26)6-3)18-10-11-22-23(15-18)34-13-12-33-22/h7-11,14-16H,4-6,12-13,17H2,1-3H3,(H,28,31). The first-order valence-corrected chi connectivity index (χ1v) is 12.8. The third-order valence-corrected chi connectivity index (χ3v) is 6.74. The second-order valence-corrected chi connectivity index (χ2v) is 8.87. The van der Waals surface area contributed by atoms with E-state index in [1.807, 2.05) is 45.2 Å². The highest BCUT2D eigenvalue weighted by Crippen LogP contribution is 2.35. The molecule has 1 aromatic heterocycles. The summed E-state index contributed by atoms with van der Waals surface area (Å²) in [5.41, 5.74) is 3.10. The van der Waals surface area contributed by atoms with Crippen LogP contribution in [0, 0.1) is 0 Å². The van der Waals surface area contributed by atoms with E-state index in [1.165, 1.54) is 11.8 Å². The van der Waals surface area contributed by atoms with Gasteiger partial charge in [0.25, 0.3) is 5.91 Å². The number of thioether (sulfide) groups is 1. The quantitative estimate of drug-likeness (QED) is 0.439. The minimum atomic E-state index is -0.158. The van der Waals surface area contributed by atoms with Crippen LogP contribution in [0.1, 0.15) is 31.1 Å². The summed E-state index contributed by atoms with van der Waals surface area (Å²) >= 11 is 1.37. The third-order valence-electron chi connectivity index (χ3n) is 5.75. The van der Waals surface area contributed by atoms with Crippen LogP contribution in [0.15, 0.2) is 53.8 Å². The lowest BCUT2D eigenvalue weighted by Gasteiger charge is -2.19. The van der Waals surface area contributed by atoms with Gasteiger partial charge in [-0.1, -0.05) is 17.8 Å². The molecule has 0 bridgehead atoms. The van der Waals surface area contributed by atoms with Gasteiger partial charge >= 0.3 is 0 Å². The van der Waals surface area contributed by atoms with E-state index in [1.54, 1.807) is 29.2 Å². The SMILES string of the molecule is CCN(CC)C(=O)c1cccc(NC(=O)CSc2ncc(-c3ccc4c(c3)OCCO4)n2CC)c1. The second kappa shape index (κ2) is 11.3. The Morgan fingerprint density at radius 2 is 1.83 bits per heavy atom. The van der Waals surface area contributed by atoms with Gasteiger partial charge in [-0.25, -0.2) is 4.98 Å². The van der Waals surface area contributed by atoms with Gasteiger partial charge in [-0.2, -0.15) is 0 Å². The van der Waals surface area contributed by atoms with Crippen LogP contribution in [-0.2, 0) is 11.3 Å². The predicted molar refractivity (Wildman–Crippen MR) is 137 cm³/mol. The molecule has 8 nitrogen and oxygen atoms in total. The molecular weight excluding hydrogens is 464 g/mol. The van der Waals surface area contributed by atoms with Crippen LogP contribution in [-0.4, -0.2) is 58.3 Å². The number of imidazole rings is 1. The van der Waals surface area contributed by atoms with Crippen LogP contribution in [0.3, 0.4) is 0 Å². The van der Waals surface area contributed by atoms with Crippen molar-refractivity contribution in [1.29, 1.82) is 0 Å². The number of rotatable bonds is 9. The van der Waals surface area contributed by atoms with Gasteiger partial charge in [0.15, 0.2) is 16.7 Å². The van der Waals surface area contributed by atoms with Crippen molar-refractivity contribution in [3.63, 3.8) is 0 Å². The fourth-order valence-electron chi connectivity index (χ4n) is 3.96. The molecule has 9 heteroatoms. The number of carbonyl (C=O) groups excluding carboxylic acids is 2. The molecule has 0 saturated carbocycles. The van der Waals surface area contributed by atoms with E-state index in [4.69, 9.17) is 9.47 Å². The van der Waals surface area contributed by atoms with Gasteiger partial charge in [0.1, 0.15) is 13.2 Å². The van der Waals surface area contributed by atoms with Gasteiger partial charge in [-0.05, 0) is 57.2 Å². The highest BCUT2D eigenvalue weighted by Gasteiger charge is 2.17. The predicted octanol–water partition coefficient (Wildman–Crippen LogP) is 4.55. The van der Waals surface area contributed by atoms with Crippen molar-refractivity contribution in [3.05, 3.63) is 54.2 Å². The molecule has 1 aliphatic rings. The number of fused-ring (bicyclic) bond motifs is 1. The van der Waals surface area contributed by atoms with Crippen molar-refractivity contribution >= 4 is 29.3 Å². The number of anilines is 1. The van der Waals surface area contributed by atoms with E-state index < -0.39 is 0 Å². The maximum absolute atomic E-state index is 12.7. The second-order valence-electron chi connectivity index (χ2n) is 7.92. The van der Waals surface area contributed by atoms with E-state index in [0.717, 1.165) is 27.9 Å². The van der Waals surface area contributed by atoms with Crippen molar-refractivity contribution in [2.75, 3.05) is 37.4 Å². The Labute approximate surface area is 209 Å². The first kappa shape index (κ1) is 24.7. The Bertz CT molecular complexity index is 1210. The Morgan fingerprint density at radius 3 is 2.57 bits per heavy atom. The fraction of sp³-hybridized carbons (Fsp3) is 0.346. The maximum atomic E-state index is 12.7. The zero-order valence-corrected chi connectivity index (χ0v) is 21.1. The number of nitrogens with zero attached hydrogens (tertiary/aromatic N) is 3. The topological polar surface area (TPSA) is 85.7 Å². The summed E-state index contributed by atoms with van der Waals surface area (Å²) in [5, 5.41) is 3.66. The highest BCUT2D eigenvalue weighted by molar-refractivity contribution is 7.99. The lowest BCUT2D eigenvalue weighted by Crippen LogP contribution is -2.30. The number of ether oxygens (including phenoxy) is 2. The Hall–Kier alpha value is -3.46. The molecule has 35 heavy (non-hydrogen) atoms. The molecule has 2 amide bonds. The van der Waals surface area contributed by atoms with Crippen molar-refractivity contribution in [1.82, 2.24) is 14.5 Å². The highest BCUT2D eigenvalue weighted by atomic mass is 32.2. The molecule has 2 heterocycles. The molecule has 184 valence electrons. The molecule has 1 N–H and O–H groups in total. The molecule has 1 aliphatic heterocycles. The largest absolute Gasteiger partial charge is 0.486 e. The summed E-state index contributed by atoms with van der Waals surface area (Å²) in [4.78, 5) is 31.6. The monoisotopic (exact) mass is 494 g/mol. The van der Waals surface area contributed by atoms with Gasteiger partial charge in [0, 0.05) is 36.4 Å². The van der Waals surface area contributed by atoms with Crippen LogP contribution < -0.4 is 14.8 Å². The van der Waals surface area contributed by atoms with Crippen LogP contribution >= 0.6 is 11.8 Å². The van der Waals surface area contributed by atoms with E-state index in [-0.39, 0.29) is 17.6 Å². The fourth-order valence-corrected chi connectivity index (χ4v) is 4.81. The molecular formula is C26H30N4O4S. The molecule has 4 rings (SSSR count). The van der Waals surface area contributed by atoms with Crippen molar-refractivity contribution in [2.45, 2.75) is 32.5 Å². The lowest BCUT2D eigenvalue weighted by molar-refractivity contribution is -0.113. The summed E-state index contributed by atoms with van der Waals surface area (Å²) in [6.07, 6.45) is 1.82. The van der Waals surface area contributed by atoms with Crippen molar-refractivity contribution < 1.29 is 19.1 Å². The Morgan fingerprint density at radius 1 is 1.06 bits per heavy atom. The third kappa shape index (κ3) is 5.62. The maximum Gasteiger partial charge on any atom is 0.253 e. The smallest absolute Gasteiger partial charge is 0.253 e. The molecule has 3 aromatic rings. The molecule has 0 unspecified atom stereocenters. The van der Waals surface area contributed by atoms with Crippen LogP contribution in [0.5, 0.6) is 11.5 Å². The molecule has 2 aromatic carbocycles. The molecule has 0 atom stereocenters. The number of aromatic nitrogens is 2. The first-order valence-electron chi connectivity index (χ1n) is 11.8. The molecule has 0 fully saturated rings. The summed E-state index contributed by atoms with van der Waals surface area (Å²) in [6, 6.07) is 12.9. The van der Waals surface area contributed by atoms with Gasteiger partial charge in [-0.15, -0.1) is 0 Å². The summed E-state index contributed by atoms with van der Waals surface area (Å²) in [5.74, 6) is 1.47. The minimum Gasteiger partial charge on any atom is -0.486 e. The number of hydrogen-bond donors (Lipinski definition) is 1. The van der Waals surface area contributed by atoms with E-state index in [0.29, 0.717) is 44.1 Å². The average Bonchev–Trinajstić information content (AvgIpc) is 3.31. The van der Waals surface area contributed by atoms with Crippen molar-refractivity contribution in [2.24, 2.45) is 0 Å². The average molecular weight is 495 g/mol. The van der Waals surface area contributed by atoms with Gasteiger partial charge in [0.05, 0.1) is 17.6 Å². The summed E-state index contributed by atoms with van der Waals surface area (Å²) in [6.45, 7) is 9.02. The van der Waals surface area contributed by atoms with Crippen LogP contribution in [0.2, 0.25) is 0 Å². The van der Waals surface area contributed by atoms with Crippen molar-refractivity contribution in [3.8, 4) is 22.8 Å². The number of hydrogen-bond acceptors (Lipinski definition) is 6. The Balaban J connectivity index is 1.41. The van der Waals surface area contributed by atoms with Gasteiger partial charge < -0.3 is 24.3 Å². The normalized spacial score (nSPS) is 12.3. The van der Waals surface area contributed by atoms with E-state index in [2.05, 4.69) is 14.9 Å². The van der Waals surface area contributed by atoms with E-state index >= 15 is 0 Å².